The van der Waals surface area contributed by atoms with Crippen LogP contribution in [0.25, 0.3) is 0 Å². The van der Waals surface area contributed by atoms with Gasteiger partial charge < -0.3 is 21.7 Å². The molecule has 0 amide bonds. The van der Waals surface area contributed by atoms with Crippen molar-refractivity contribution in [3.8, 4) is 0 Å². The fourth-order valence-corrected chi connectivity index (χ4v) is 4.31. The minimum atomic E-state index is -1.49. The lowest BCUT2D eigenvalue weighted by atomic mass is 10.1. The third kappa shape index (κ3) is 7.85. The van der Waals surface area contributed by atoms with Gasteiger partial charge in [0.05, 0.1) is 21.6 Å². The minimum absolute atomic E-state index is 0.126. The second-order valence-corrected chi connectivity index (χ2v) is 8.99. The molecule has 9 heteroatoms. The van der Waals surface area contributed by atoms with Crippen LogP contribution in [0.3, 0.4) is 0 Å². The molecule has 2 rings (SSSR count). The first-order valence-electron chi connectivity index (χ1n) is 9.64. The number of rotatable bonds is 14. The zero-order valence-corrected chi connectivity index (χ0v) is 18.4. The van der Waals surface area contributed by atoms with Crippen molar-refractivity contribution in [1.82, 2.24) is 10.3 Å². The zero-order valence-electron chi connectivity index (χ0n) is 16.7. The first kappa shape index (κ1) is 23.5. The molecule has 2 aromatic rings. The summed E-state index contributed by atoms with van der Waals surface area (Å²) in [5.74, 6) is -0.0311. The number of aromatic nitrogens is 1. The highest BCUT2D eigenvalue weighted by molar-refractivity contribution is 7.85. The van der Waals surface area contributed by atoms with Crippen LogP contribution in [-0.2, 0) is 10.8 Å². The van der Waals surface area contributed by atoms with E-state index in [1.807, 2.05) is 18.4 Å². The van der Waals surface area contributed by atoms with Crippen LogP contribution in [0.2, 0.25) is 0 Å². The standard InChI is InChI=1S/C20H30FN5OS2/c1-3-16(12-22)13-23-6-4-5-7-24-18-11-17(21)19(10-15(18)2)29(27)14-26-20-25-8-9-28-20/h3,8-11,16,23-24H,1,4-7,12-14,22H2,2H3,(H,25,26)/t16-,29?/m0/s1. The largest absolute Gasteiger partial charge is 0.385 e. The van der Waals surface area contributed by atoms with E-state index in [9.17, 15) is 8.60 Å². The van der Waals surface area contributed by atoms with Gasteiger partial charge in [-0.15, -0.1) is 17.9 Å². The van der Waals surface area contributed by atoms with E-state index < -0.39 is 16.6 Å². The van der Waals surface area contributed by atoms with Gasteiger partial charge in [0, 0.05) is 36.3 Å². The molecule has 1 heterocycles. The number of nitrogens with one attached hydrogen (secondary N) is 3. The minimum Gasteiger partial charge on any atom is -0.385 e. The van der Waals surface area contributed by atoms with Crippen LogP contribution in [0.5, 0.6) is 0 Å². The molecule has 6 nitrogen and oxygen atoms in total. The molecular formula is C20H30FN5OS2. The molecule has 0 aliphatic rings. The molecule has 0 aliphatic heterocycles. The SMILES string of the molecule is C=C[C@@H](CN)CNCCCCNc1cc(F)c(S(=O)CNc2nccs2)cc1C. The summed E-state index contributed by atoms with van der Waals surface area (Å²) in [5.41, 5.74) is 7.24. The summed E-state index contributed by atoms with van der Waals surface area (Å²) >= 11 is 1.41. The van der Waals surface area contributed by atoms with Crippen LogP contribution in [-0.4, -0.2) is 41.2 Å². The van der Waals surface area contributed by atoms with E-state index in [0.29, 0.717) is 17.6 Å². The number of anilines is 2. The lowest BCUT2D eigenvalue weighted by Crippen LogP contribution is -2.27. The lowest BCUT2D eigenvalue weighted by Gasteiger charge is -2.13. The van der Waals surface area contributed by atoms with E-state index in [4.69, 9.17) is 5.73 Å². The number of hydrogen-bond donors (Lipinski definition) is 4. The number of benzene rings is 1. The molecule has 29 heavy (non-hydrogen) atoms. The van der Waals surface area contributed by atoms with Crippen molar-refractivity contribution < 1.29 is 8.60 Å². The summed E-state index contributed by atoms with van der Waals surface area (Å²) in [5, 5.41) is 12.1. The molecule has 5 N–H and O–H groups in total. The molecule has 0 spiro atoms. The van der Waals surface area contributed by atoms with Gasteiger partial charge in [0.25, 0.3) is 0 Å². The average Bonchev–Trinajstić information content (AvgIpc) is 3.24. The Labute approximate surface area is 178 Å². The molecule has 1 unspecified atom stereocenters. The van der Waals surface area contributed by atoms with Gasteiger partial charge in [0.15, 0.2) is 5.13 Å². The number of thiazole rings is 1. The molecule has 0 fully saturated rings. The Morgan fingerprint density at radius 2 is 2.14 bits per heavy atom. The van der Waals surface area contributed by atoms with Gasteiger partial charge in [0.1, 0.15) is 5.82 Å². The van der Waals surface area contributed by atoms with E-state index in [1.54, 1.807) is 12.3 Å². The Morgan fingerprint density at radius 1 is 1.34 bits per heavy atom. The fraction of sp³-hybridized carbons (Fsp3) is 0.450. The van der Waals surface area contributed by atoms with Gasteiger partial charge in [-0.2, -0.15) is 0 Å². The average molecular weight is 440 g/mol. The molecule has 2 atom stereocenters. The molecule has 0 bridgehead atoms. The predicted octanol–water partition coefficient (Wildman–Crippen LogP) is 3.31. The van der Waals surface area contributed by atoms with E-state index in [1.165, 1.54) is 17.4 Å². The lowest BCUT2D eigenvalue weighted by molar-refractivity contribution is 0.550. The highest BCUT2D eigenvalue weighted by Crippen LogP contribution is 2.23. The fourth-order valence-electron chi connectivity index (χ4n) is 2.68. The van der Waals surface area contributed by atoms with E-state index in [0.717, 1.165) is 43.7 Å². The molecule has 0 radical (unpaired) electrons. The normalized spacial score (nSPS) is 13.1. The second-order valence-electron chi connectivity index (χ2n) is 6.67. The van der Waals surface area contributed by atoms with Gasteiger partial charge >= 0.3 is 0 Å². The smallest absolute Gasteiger partial charge is 0.183 e. The van der Waals surface area contributed by atoms with Gasteiger partial charge in [-0.05, 0) is 50.6 Å². The van der Waals surface area contributed by atoms with Crippen LogP contribution >= 0.6 is 11.3 Å². The summed E-state index contributed by atoms with van der Waals surface area (Å²) in [6.45, 7) is 8.75. The Kier molecular flexibility index (Phi) is 10.3. The predicted molar refractivity (Wildman–Crippen MR) is 121 cm³/mol. The van der Waals surface area contributed by atoms with E-state index in [-0.39, 0.29) is 10.8 Å². The Morgan fingerprint density at radius 3 is 2.83 bits per heavy atom. The second kappa shape index (κ2) is 12.7. The summed E-state index contributed by atoms with van der Waals surface area (Å²) in [6, 6.07) is 3.08. The van der Waals surface area contributed by atoms with E-state index in [2.05, 4.69) is 27.5 Å². The topological polar surface area (TPSA) is 92.1 Å². The molecule has 0 saturated heterocycles. The van der Waals surface area contributed by atoms with Crippen molar-refractivity contribution in [1.29, 1.82) is 0 Å². The third-order valence-electron chi connectivity index (χ3n) is 4.45. The van der Waals surface area contributed by atoms with Crippen molar-refractivity contribution >= 4 is 33.0 Å². The van der Waals surface area contributed by atoms with Crippen LogP contribution in [0.1, 0.15) is 18.4 Å². The maximum Gasteiger partial charge on any atom is 0.183 e. The van der Waals surface area contributed by atoms with Crippen LogP contribution in [0, 0.1) is 18.7 Å². The first-order valence-corrected chi connectivity index (χ1v) is 11.8. The van der Waals surface area contributed by atoms with Gasteiger partial charge in [0.2, 0.25) is 0 Å². The maximum absolute atomic E-state index is 14.5. The van der Waals surface area contributed by atoms with Gasteiger partial charge in [-0.25, -0.2) is 9.37 Å². The number of hydrogen-bond acceptors (Lipinski definition) is 7. The highest BCUT2D eigenvalue weighted by atomic mass is 32.2. The molecule has 160 valence electrons. The van der Waals surface area contributed by atoms with Crippen molar-refractivity contribution in [3.05, 3.63) is 47.7 Å². The van der Waals surface area contributed by atoms with Crippen molar-refractivity contribution in [2.45, 2.75) is 24.7 Å². The van der Waals surface area contributed by atoms with Crippen LogP contribution < -0.4 is 21.7 Å². The number of nitrogens with two attached hydrogens (primary N) is 1. The van der Waals surface area contributed by atoms with E-state index >= 15 is 0 Å². The van der Waals surface area contributed by atoms with Crippen molar-refractivity contribution in [2.24, 2.45) is 11.7 Å². The van der Waals surface area contributed by atoms with Crippen molar-refractivity contribution in [3.63, 3.8) is 0 Å². The number of aryl methyl sites for hydroxylation is 1. The van der Waals surface area contributed by atoms with Crippen molar-refractivity contribution in [2.75, 3.05) is 42.7 Å². The zero-order chi connectivity index (χ0) is 21.1. The Hall–Kier alpha value is -1.81. The molecule has 1 aromatic carbocycles. The molecular weight excluding hydrogens is 409 g/mol. The van der Waals surface area contributed by atoms with Crippen LogP contribution in [0.4, 0.5) is 15.2 Å². The quantitative estimate of drug-likeness (QED) is 0.267. The molecule has 0 saturated carbocycles. The molecule has 0 aliphatic carbocycles. The summed E-state index contributed by atoms with van der Waals surface area (Å²) in [7, 11) is -1.49. The molecule has 1 aromatic heterocycles. The summed E-state index contributed by atoms with van der Waals surface area (Å²) < 4.78 is 26.9. The first-order chi connectivity index (χ1) is 14.0. The third-order valence-corrected chi connectivity index (χ3v) is 6.39. The number of halogens is 1. The Balaban J connectivity index is 1.75. The summed E-state index contributed by atoms with van der Waals surface area (Å²) in [6.07, 6.45) is 5.50. The Bertz CT molecular complexity index is 785. The van der Waals surface area contributed by atoms with Gasteiger partial charge in [-0.1, -0.05) is 6.08 Å². The van der Waals surface area contributed by atoms with Gasteiger partial charge in [-0.3, -0.25) is 4.21 Å². The maximum atomic E-state index is 14.5. The van der Waals surface area contributed by atoms with Crippen LogP contribution in [0.15, 0.2) is 41.3 Å². The number of unbranched alkanes of at least 4 members (excludes halogenated alkanes) is 1. The highest BCUT2D eigenvalue weighted by Gasteiger charge is 2.13. The summed E-state index contributed by atoms with van der Waals surface area (Å²) in [4.78, 5) is 4.27. The monoisotopic (exact) mass is 439 g/mol. The number of nitrogens with zero attached hydrogens (tertiary/aromatic N) is 1.